The van der Waals surface area contributed by atoms with Crippen molar-refractivity contribution in [2.24, 2.45) is 0 Å². The predicted molar refractivity (Wildman–Crippen MR) is 110 cm³/mol. The smallest absolute Gasteiger partial charge is 0.303 e. The minimum absolute atomic E-state index is 0.106. The molecule has 0 bridgehead atoms. The van der Waals surface area contributed by atoms with Crippen LogP contribution in [-0.2, 0) is 52.7 Å². The van der Waals surface area contributed by atoms with Crippen LogP contribution in [0.4, 0.5) is 0 Å². The molecule has 1 aliphatic heterocycles. The molecule has 0 N–H and O–H groups in total. The monoisotopic (exact) mass is 486 g/mol. The molecule has 2 rings (SSSR count). The quantitative estimate of drug-likeness (QED) is 0.399. The highest BCUT2D eigenvalue weighted by atomic mass is 32.2. The van der Waals surface area contributed by atoms with Gasteiger partial charge in [-0.15, -0.1) is 0 Å². The number of rotatable bonds is 7. The SMILES string of the molecule is CC(=O)OCC1OC(S(=O)(=O)c2ccccc2C)C(OC(C)=O)C(OC(C)=O)C1OC(C)=O. The van der Waals surface area contributed by atoms with E-state index in [2.05, 4.69) is 0 Å². The van der Waals surface area contributed by atoms with Gasteiger partial charge in [0.2, 0.25) is 15.3 Å². The van der Waals surface area contributed by atoms with Gasteiger partial charge in [-0.25, -0.2) is 8.42 Å². The Hall–Kier alpha value is -2.99. The Labute approximate surface area is 191 Å². The van der Waals surface area contributed by atoms with Gasteiger partial charge in [0.25, 0.3) is 0 Å². The van der Waals surface area contributed by atoms with Crippen molar-refractivity contribution in [2.45, 2.75) is 69.4 Å². The maximum atomic E-state index is 13.6. The van der Waals surface area contributed by atoms with Crippen LogP contribution in [0.1, 0.15) is 33.3 Å². The molecule has 1 saturated heterocycles. The van der Waals surface area contributed by atoms with E-state index in [0.717, 1.165) is 27.7 Å². The van der Waals surface area contributed by atoms with Gasteiger partial charge in [-0.2, -0.15) is 0 Å². The van der Waals surface area contributed by atoms with Gasteiger partial charge in [0.15, 0.2) is 18.3 Å². The van der Waals surface area contributed by atoms with Crippen LogP contribution >= 0.6 is 0 Å². The number of hydrogen-bond acceptors (Lipinski definition) is 11. The second-order valence-electron chi connectivity index (χ2n) is 7.38. The Bertz CT molecular complexity index is 1020. The van der Waals surface area contributed by atoms with Crippen LogP contribution in [0.15, 0.2) is 29.2 Å². The van der Waals surface area contributed by atoms with E-state index < -0.39 is 70.2 Å². The van der Waals surface area contributed by atoms with Gasteiger partial charge in [-0.3, -0.25) is 19.2 Å². The highest BCUT2D eigenvalue weighted by Gasteiger charge is 2.56. The molecule has 0 amide bonds. The molecular formula is C21H26O11S. The van der Waals surface area contributed by atoms with Crippen molar-refractivity contribution in [1.82, 2.24) is 0 Å². The zero-order chi connectivity index (χ0) is 24.9. The molecule has 1 aromatic rings. The van der Waals surface area contributed by atoms with Gasteiger partial charge in [0.05, 0.1) is 4.90 Å². The Balaban J connectivity index is 2.65. The van der Waals surface area contributed by atoms with Crippen molar-refractivity contribution < 1.29 is 51.3 Å². The molecule has 1 aromatic carbocycles. The van der Waals surface area contributed by atoms with Gasteiger partial charge >= 0.3 is 23.9 Å². The number of sulfone groups is 1. The summed E-state index contributed by atoms with van der Waals surface area (Å²) in [5.74, 6) is -3.25. The molecule has 12 heteroatoms. The number of ether oxygens (including phenoxy) is 5. The van der Waals surface area contributed by atoms with E-state index in [1.807, 2.05) is 0 Å². The molecule has 0 aromatic heterocycles. The molecule has 0 spiro atoms. The van der Waals surface area contributed by atoms with Crippen LogP contribution in [0, 0.1) is 6.92 Å². The van der Waals surface area contributed by atoms with Gasteiger partial charge in [-0.05, 0) is 18.6 Å². The summed E-state index contributed by atoms with van der Waals surface area (Å²) in [4.78, 5) is 46.7. The zero-order valence-electron chi connectivity index (χ0n) is 18.8. The van der Waals surface area contributed by atoms with Crippen LogP contribution in [0.5, 0.6) is 0 Å². The highest BCUT2D eigenvalue weighted by molar-refractivity contribution is 7.92. The van der Waals surface area contributed by atoms with Crippen molar-refractivity contribution in [3.63, 3.8) is 0 Å². The molecule has 1 fully saturated rings. The molecule has 182 valence electrons. The van der Waals surface area contributed by atoms with E-state index in [0.29, 0.717) is 5.56 Å². The topological polar surface area (TPSA) is 149 Å². The molecule has 5 unspecified atom stereocenters. The number of carbonyl (C=O) groups is 4. The maximum absolute atomic E-state index is 13.6. The second kappa shape index (κ2) is 10.8. The van der Waals surface area contributed by atoms with Gasteiger partial charge < -0.3 is 23.7 Å². The number of hydrogen-bond donors (Lipinski definition) is 0. The first-order valence-electron chi connectivity index (χ1n) is 9.94. The van der Waals surface area contributed by atoms with Crippen molar-refractivity contribution in [3.05, 3.63) is 29.8 Å². The molecule has 5 atom stereocenters. The van der Waals surface area contributed by atoms with Gasteiger partial charge in [-0.1, -0.05) is 18.2 Å². The van der Waals surface area contributed by atoms with Gasteiger partial charge in [0, 0.05) is 27.7 Å². The minimum Gasteiger partial charge on any atom is -0.463 e. The lowest BCUT2D eigenvalue weighted by atomic mass is 9.99. The highest BCUT2D eigenvalue weighted by Crippen LogP contribution is 2.35. The Morgan fingerprint density at radius 3 is 1.85 bits per heavy atom. The predicted octanol–water partition coefficient (Wildman–Crippen LogP) is 0.852. The van der Waals surface area contributed by atoms with E-state index in [1.165, 1.54) is 12.1 Å². The normalized spacial score (nSPS) is 24.9. The first kappa shape index (κ1) is 26.3. The third-order valence-corrected chi connectivity index (χ3v) is 6.72. The third kappa shape index (κ3) is 6.51. The van der Waals surface area contributed by atoms with E-state index in [4.69, 9.17) is 23.7 Å². The average Bonchev–Trinajstić information content (AvgIpc) is 2.68. The molecule has 0 radical (unpaired) electrons. The molecule has 0 aliphatic carbocycles. The maximum Gasteiger partial charge on any atom is 0.303 e. The molecule has 1 aliphatic rings. The lowest BCUT2D eigenvalue weighted by molar-refractivity contribution is -0.238. The summed E-state index contributed by atoms with van der Waals surface area (Å²) in [7, 11) is -4.35. The third-order valence-electron chi connectivity index (χ3n) is 4.65. The summed E-state index contributed by atoms with van der Waals surface area (Å²) in [5, 5.41) is 0. The fraction of sp³-hybridized carbons (Fsp3) is 0.524. The fourth-order valence-electron chi connectivity index (χ4n) is 3.44. The molecular weight excluding hydrogens is 460 g/mol. The van der Waals surface area contributed by atoms with Crippen molar-refractivity contribution in [1.29, 1.82) is 0 Å². The van der Waals surface area contributed by atoms with Crippen LogP contribution < -0.4 is 0 Å². The average molecular weight is 486 g/mol. The lowest BCUT2D eigenvalue weighted by Gasteiger charge is -2.44. The summed E-state index contributed by atoms with van der Waals surface area (Å²) in [6.45, 7) is 5.34. The van der Waals surface area contributed by atoms with Crippen LogP contribution in [0.3, 0.4) is 0 Å². The van der Waals surface area contributed by atoms with Crippen LogP contribution in [0.25, 0.3) is 0 Å². The standard InChI is InChI=1S/C21H26O11S/c1-11-8-6-7-9-17(11)33(26,27)21-20(31-15(5)25)19(30-14(4)24)18(29-13(3)23)16(32-21)10-28-12(2)22/h6-9,16,18-21H,10H2,1-5H3. The van der Waals surface area contributed by atoms with E-state index in [1.54, 1.807) is 19.1 Å². The number of esters is 4. The summed E-state index contributed by atoms with van der Waals surface area (Å²) in [6, 6.07) is 6.06. The number of carbonyl (C=O) groups excluding carboxylic acids is 4. The largest absolute Gasteiger partial charge is 0.463 e. The van der Waals surface area contributed by atoms with Crippen molar-refractivity contribution in [3.8, 4) is 0 Å². The Morgan fingerprint density at radius 1 is 0.818 bits per heavy atom. The van der Waals surface area contributed by atoms with Gasteiger partial charge in [0.1, 0.15) is 12.7 Å². The first-order valence-corrected chi connectivity index (χ1v) is 11.5. The first-order chi connectivity index (χ1) is 15.3. The van der Waals surface area contributed by atoms with Crippen LogP contribution in [0.2, 0.25) is 0 Å². The van der Waals surface area contributed by atoms with Crippen molar-refractivity contribution >= 4 is 33.7 Å². The minimum atomic E-state index is -4.35. The zero-order valence-corrected chi connectivity index (χ0v) is 19.6. The van der Waals surface area contributed by atoms with E-state index in [-0.39, 0.29) is 4.90 Å². The molecule has 11 nitrogen and oxygen atoms in total. The fourth-order valence-corrected chi connectivity index (χ4v) is 5.33. The van der Waals surface area contributed by atoms with Crippen molar-refractivity contribution in [2.75, 3.05) is 6.61 Å². The Morgan fingerprint density at radius 2 is 1.33 bits per heavy atom. The number of aryl methyl sites for hydroxylation is 1. The molecule has 33 heavy (non-hydrogen) atoms. The van der Waals surface area contributed by atoms with Crippen LogP contribution in [-0.4, -0.2) is 68.8 Å². The summed E-state index contributed by atoms with van der Waals surface area (Å²) < 4.78 is 53.6. The molecule has 0 saturated carbocycles. The number of benzene rings is 1. The van der Waals surface area contributed by atoms with E-state index >= 15 is 0 Å². The molecule has 1 heterocycles. The summed E-state index contributed by atoms with van der Waals surface area (Å²) in [6.07, 6.45) is -6.03. The summed E-state index contributed by atoms with van der Waals surface area (Å²) in [5.41, 5.74) is -1.47. The van der Waals surface area contributed by atoms with E-state index in [9.17, 15) is 27.6 Å². The second-order valence-corrected chi connectivity index (χ2v) is 9.37. The lowest BCUT2D eigenvalue weighted by Crippen LogP contribution is -2.64. The summed E-state index contributed by atoms with van der Waals surface area (Å²) >= 11 is 0. The Kier molecular flexibility index (Phi) is 8.56.